The molecule has 0 saturated heterocycles. The van der Waals surface area contributed by atoms with Gasteiger partial charge in [-0.15, -0.1) is 0 Å². The number of benzene rings is 1. The Balaban J connectivity index is 2.36. The molecule has 0 spiro atoms. The molecule has 1 aromatic carbocycles. The van der Waals surface area contributed by atoms with E-state index in [0.29, 0.717) is 5.92 Å². The summed E-state index contributed by atoms with van der Waals surface area (Å²) in [6.45, 7) is 6.41. The highest BCUT2D eigenvalue weighted by Crippen LogP contribution is 2.36. The number of nitrogens with one attached hydrogen (secondary N) is 2. The summed E-state index contributed by atoms with van der Waals surface area (Å²) in [5, 5.41) is 4.80. The highest BCUT2D eigenvalue weighted by atomic mass is 16.5. The van der Waals surface area contributed by atoms with Gasteiger partial charge in [0.2, 0.25) is 0 Å². The number of aryl methyl sites for hydroxylation is 1. The van der Waals surface area contributed by atoms with Crippen LogP contribution in [0.5, 0.6) is 5.75 Å². The van der Waals surface area contributed by atoms with E-state index < -0.39 is 0 Å². The van der Waals surface area contributed by atoms with Crippen molar-refractivity contribution in [3.8, 4) is 5.75 Å². The molecule has 0 bridgehead atoms. The van der Waals surface area contributed by atoms with Crippen LogP contribution in [0.15, 0.2) is 12.1 Å². The van der Waals surface area contributed by atoms with Crippen molar-refractivity contribution in [1.82, 2.24) is 10.3 Å². The number of aromatic amines is 1. The van der Waals surface area contributed by atoms with Crippen LogP contribution >= 0.6 is 0 Å². The molecule has 3 rings (SSSR count). The number of rotatable bonds is 1. The minimum Gasteiger partial charge on any atom is -0.495 e. The van der Waals surface area contributed by atoms with E-state index in [4.69, 9.17) is 4.74 Å². The Morgan fingerprint density at radius 1 is 1.35 bits per heavy atom. The van der Waals surface area contributed by atoms with E-state index in [9.17, 15) is 0 Å². The van der Waals surface area contributed by atoms with Gasteiger partial charge in [0.05, 0.1) is 12.6 Å². The van der Waals surface area contributed by atoms with Gasteiger partial charge in [-0.2, -0.15) is 0 Å². The maximum Gasteiger partial charge on any atom is 0.142 e. The Hall–Kier alpha value is -1.48. The van der Waals surface area contributed by atoms with Crippen molar-refractivity contribution in [2.45, 2.75) is 26.3 Å². The molecule has 0 saturated carbocycles. The van der Waals surface area contributed by atoms with Gasteiger partial charge in [-0.25, -0.2) is 0 Å². The van der Waals surface area contributed by atoms with E-state index in [2.05, 4.69) is 30.2 Å². The van der Waals surface area contributed by atoms with Gasteiger partial charge < -0.3 is 15.0 Å². The molecule has 2 heterocycles. The van der Waals surface area contributed by atoms with Crippen molar-refractivity contribution in [3.63, 3.8) is 0 Å². The van der Waals surface area contributed by atoms with Crippen molar-refractivity contribution < 1.29 is 4.74 Å². The van der Waals surface area contributed by atoms with E-state index in [1.807, 2.05) is 6.07 Å². The van der Waals surface area contributed by atoms with Gasteiger partial charge in [0.25, 0.3) is 0 Å². The van der Waals surface area contributed by atoms with Gasteiger partial charge in [0.1, 0.15) is 5.75 Å². The lowest BCUT2D eigenvalue weighted by molar-refractivity contribution is 0.419. The van der Waals surface area contributed by atoms with Gasteiger partial charge in [0.15, 0.2) is 0 Å². The number of hydrogen-bond donors (Lipinski definition) is 2. The Labute approximate surface area is 101 Å². The van der Waals surface area contributed by atoms with E-state index in [-0.39, 0.29) is 0 Å². The lowest BCUT2D eigenvalue weighted by atomic mass is 9.96. The van der Waals surface area contributed by atoms with Gasteiger partial charge in [0, 0.05) is 30.1 Å². The van der Waals surface area contributed by atoms with Crippen molar-refractivity contribution in [3.05, 3.63) is 29.0 Å². The molecule has 1 aliphatic rings. The standard InChI is InChI=1S/C14H18N2O/c1-8-4-5-11(17-3)14-12(8)10-7-15-6-9(2)13(10)16-14/h4-5,9,15-16H,6-7H2,1-3H3. The highest BCUT2D eigenvalue weighted by molar-refractivity contribution is 5.92. The molecule has 3 heteroatoms. The van der Waals surface area contributed by atoms with Gasteiger partial charge >= 0.3 is 0 Å². The third kappa shape index (κ3) is 1.46. The Morgan fingerprint density at radius 3 is 2.94 bits per heavy atom. The zero-order valence-electron chi connectivity index (χ0n) is 10.6. The molecule has 3 nitrogen and oxygen atoms in total. The predicted octanol–water partition coefficient (Wildman–Crippen LogP) is 2.69. The summed E-state index contributed by atoms with van der Waals surface area (Å²) in [5.41, 5.74) is 5.24. The van der Waals surface area contributed by atoms with Crippen LogP contribution in [0.2, 0.25) is 0 Å². The second-order valence-electron chi connectivity index (χ2n) is 4.88. The zero-order valence-corrected chi connectivity index (χ0v) is 10.6. The number of aromatic nitrogens is 1. The molecule has 1 aromatic heterocycles. The second-order valence-corrected chi connectivity index (χ2v) is 4.88. The number of hydrogen-bond acceptors (Lipinski definition) is 2. The Morgan fingerprint density at radius 2 is 2.18 bits per heavy atom. The molecule has 1 aliphatic heterocycles. The number of fused-ring (bicyclic) bond motifs is 3. The van der Waals surface area contributed by atoms with Crippen LogP contribution in [0.1, 0.15) is 29.7 Å². The lowest BCUT2D eigenvalue weighted by Gasteiger charge is -2.20. The fourth-order valence-electron chi connectivity index (χ4n) is 2.84. The van der Waals surface area contributed by atoms with Gasteiger partial charge in [-0.3, -0.25) is 0 Å². The number of methoxy groups -OCH3 is 1. The first-order valence-corrected chi connectivity index (χ1v) is 6.11. The van der Waals surface area contributed by atoms with E-state index in [0.717, 1.165) is 24.4 Å². The summed E-state index contributed by atoms with van der Waals surface area (Å²) < 4.78 is 5.44. The maximum absolute atomic E-state index is 5.44. The first kappa shape index (κ1) is 10.7. The van der Waals surface area contributed by atoms with Gasteiger partial charge in [-0.1, -0.05) is 13.0 Å². The quantitative estimate of drug-likeness (QED) is 0.790. The molecule has 0 radical (unpaired) electrons. The first-order chi connectivity index (χ1) is 8.22. The molecular weight excluding hydrogens is 212 g/mol. The number of H-pyrrole nitrogens is 1. The third-order valence-corrected chi connectivity index (χ3v) is 3.73. The molecule has 17 heavy (non-hydrogen) atoms. The van der Waals surface area contributed by atoms with Crippen LogP contribution in [0, 0.1) is 6.92 Å². The topological polar surface area (TPSA) is 37.0 Å². The Bertz CT molecular complexity index is 571. The Kier molecular flexibility index (Phi) is 2.37. The van der Waals surface area contributed by atoms with Crippen molar-refractivity contribution in [1.29, 1.82) is 0 Å². The van der Waals surface area contributed by atoms with Gasteiger partial charge in [-0.05, 0) is 24.1 Å². The summed E-state index contributed by atoms with van der Waals surface area (Å²) in [6, 6.07) is 4.17. The molecular formula is C14H18N2O. The van der Waals surface area contributed by atoms with Crippen LogP contribution in [0.25, 0.3) is 10.9 Å². The summed E-state index contributed by atoms with van der Waals surface area (Å²) in [6.07, 6.45) is 0. The van der Waals surface area contributed by atoms with E-state index in [1.54, 1.807) is 7.11 Å². The fourth-order valence-corrected chi connectivity index (χ4v) is 2.84. The van der Waals surface area contributed by atoms with Crippen molar-refractivity contribution >= 4 is 10.9 Å². The average Bonchev–Trinajstić information content (AvgIpc) is 2.71. The maximum atomic E-state index is 5.44. The third-order valence-electron chi connectivity index (χ3n) is 3.73. The van der Waals surface area contributed by atoms with Crippen LogP contribution in [0.4, 0.5) is 0 Å². The highest BCUT2D eigenvalue weighted by Gasteiger charge is 2.22. The molecule has 2 aromatic rings. The molecule has 0 amide bonds. The lowest BCUT2D eigenvalue weighted by Crippen LogP contribution is -2.26. The number of ether oxygens (including phenoxy) is 1. The summed E-state index contributed by atoms with van der Waals surface area (Å²) >= 11 is 0. The summed E-state index contributed by atoms with van der Waals surface area (Å²) in [7, 11) is 1.73. The minimum absolute atomic E-state index is 0.537. The molecule has 1 atom stereocenters. The second kappa shape index (κ2) is 3.77. The monoisotopic (exact) mass is 230 g/mol. The first-order valence-electron chi connectivity index (χ1n) is 6.11. The molecule has 0 fully saturated rings. The predicted molar refractivity (Wildman–Crippen MR) is 69.7 cm³/mol. The zero-order chi connectivity index (χ0) is 12.0. The van der Waals surface area contributed by atoms with Crippen LogP contribution in [0.3, 0.4) is 0 Å². The molecule has 0 aliphatic carbocycles. The van der Waals surface area contributed by atoms with Crippen LogP contribution in [-0.2, 0) is 6.54 Å². The average molecular weight is 230 g/mol. The fraction of sp³-hybridized carbons (Fsp3) is 0.429. The largest absolute Gasteiger partial charge is 0.495 e. The molecule has 1 unspecified atom stereocenters. The van der Waals surface area contributed by atoms with Crippen LogP contribution in [-0.4, -0.2) is 18.6 Å². The summed E-state index contributed by atoms with van der Waals surface area (Å²) in [5.74, 6) is 1.47. The van der Waals surface area contributed by atoms with Crippen LogP contribution < -0.4 is 10.1 Å². The normalized spacial score (nSPS) is 19.4. The SMILES string of the molecule is COc1ccc(C)c2c3c([nH]c12)C(C)CNC3. The van der Waals surface area contributed by atoms with Crippen molar-refractivity contribution in [2.75, 3.05) is 13.7 Å². The van der Waals surface area contributed by atoms with E-state index in [1.165, 1.54) is 22.2 Å². The molecule has 2 N–H and O–H groups in total. The summed E-state index contributed by atoms with van der Waals surface area (Å²) in [4.78, 5) is 3.56. The minimum atomic E-state index is 0.537. The van der Waals surface area contributed by atoms with E-state index >= 15 is 0 Å². The smallest absolute Gasteiger partial charge is 0.142 e. The van der Waals surface area contributed by atoms with Crippen molar-refractivity contribution in [2.24, 2.45) is 0 Å². The molecule has 90 valence electrons.